The Bertz CT molecular complexity index is 311. The number of phenols is 1. The zero-order chi connectivity index (χ0) is 9.14. The number of methoxy groups -OCH3 is 1. The van der Waals surface area contributed by atoms with Gasteiger partial charge in [-0.15, -0.1) is 0 Å². The van der Waals surface area contributed by atoms with Crippen molar-refractivity contribution >= 4 is 5.97 Å². The molecule has 0 fully saturated rings. The van der Waals surface area contributed by atoms with Crippen LogP contribution in [0.3, 0.4) is 0 Å². The van der Waals surface area contributed by atoms with Gasteiger partial charge in [0.2, 0.25) is 0 Å². The van der Waals surface area contributed by atoms with Crippen LogP contribution < -0.4 is 4.74 Å². The van der Waals surface area contributed by atoms with Gasteiger partial charge in [0.15, 0.2) is 11.5 Å². The molecule has 4 nitrogen and oxygen atoms in total. The predicted molar refractivity (Wildman–Crippen MR) is 41.6 cm³/mol. The van der Waals surface area contributed by atoms with E-state index in [1.165, 1.54) is 19.2 Å². The van der Waals surface area contributed by atoms with E-state index >= 15 is 0 Å². The molecule has 1 aromatic rings. The first-order chi connectivity index (χ1) is 5.65. The summed E-state index contributed by atoms with van der Waals surface area (Å²) in [5.41, 5.74) is 0.0355. The van der Waals surface area contributed by atoms with Gasteiger partial charge in [-0.1, -0.05) is 0 Å². The number of carboxylic acid groups (broad SMARTS) is 1. The van der Waals surface area contributed by atoms with Gasteiger partial charge < -0.3 is 14.9 Å². The van der Waals surface area contributed by atoms with Crippen molar-refractivity contribution in [3.63, 3.8) is 0 Å². The predicted octanol–water partition coefficient (Wildman–Crippen LogP) is 1.10. The van der Waals surface area contributed by atoms with Crippen LogP contribution >= 0.6 is 0 Å². The fraction of sp³-hybridized carbons (Fsp3) is 0.125. The maximum Gasteiger partial charge on any atom is 0.335 e. The fourth-order valence-corrected chi connectivity index (χ4v) is 0.823. The van der Waals surface area contributed by atoms with E-state index in [1.54, 1.807) is 0 Å². The molecule has 0 aliphatic heterocycles. The van der Waals surface area contributed by atoms with Crippen molar-refractivity contribution in [3.8, 4) is 11.5 Å². The van der Waals surface area contributed by atoms with Gasteiger partial charge in [0, 0.05) is 17.1 Å². The number of benzene rings is 1. The second-order valence-electron chi connectivity index (χ2n) is 2.19. The molecule has 5 heteroatoms. The zero-order valence-electron chi connectivity index (χ0n) is 6.80. The van der Waals surface area contributed by atoms with Crippen LogP contribution in [-0.2, 0) is 17.1 Å². The van der Waals surface area contributed by atoms with Crippen LogP contribution in [0.1, 0.15) is 10.4 Å². The number of hydrogen-bond donors (Lipinski definition) is 2. The Balaban J connectivity index is 0.00000144. The molecule has 72 valence electrons. The quantitative estimate of drug-likeness (QED) is 0.738. The van der Waals surface area contributed by atoms with Crippen molar-refractivity contribution in [2.45, 2.75) is 0 Å². The number of carbonyl (C=O) groups is 1. The van der Waals surface area contributed by atoms with E-state index < -0.39 is 5.97 Å². The van der Waals surface area contributed by atoms with Crippen LogP contribution in [0.25, 0.3) is 0 Å². The average molecular weight is 224 g/mol. The third kappa shape index (κ3) is 2.64. The van der Waals surface area contributed by atoms with Crippen LogP contribution in [0, 0.1) is 0 Å². The van der Waals surface area contributed by atoms with Crippen LogP contribution in [0.4, 0.5) is 0 Å². The van der Waals surface area contributed by atoms with Crippen molar-refractivity contribution in [1.82, 2.24) is 0 Å². The minimum atomic E-state index is -1.08. The number of hydrogen-bond acceptors (Lipinski definition) is 3. The van der Waals surface area contributed by atoms with E-state index in [2.05, 4.69) is 0 Å². The second-order valence-corrected chi connectivity index (χ2v) is 2.19. The van der Waals surface area contributed by atoms with Crippen LogP contribution in [0.2, 0.25) is 0 Å². The summed E-state index contributed by atoms with van der Waals surface area (Å²) in [7, 11) is 1.40. The maximum absolute atomic E-state index is 10.4. The van der Waals surface area contributed by atoms with Gasteiger partial charge in [0.25, 0.3) is 0 Å². The first kappa shape index (κ1) is 11.8. The summed E-state index contributed by atoms with van der Waals surface area (Å²) in [5.74, 6) is -0.981. The monoisotopic (exact) mass is 224 g/mol. The molecule has 0 aromatic heterocycles. The Labute approximate surface area is 85.6 Å². The van der Waals surface area contributed by atoms with E-state index in [-0.39, 0.29) is 34.1 Å². The Morgan fingerprint density at radius 3 is 2.46 bits per heavy atom. The molecule has 0 spiro atoms. The van der Waals surface area contributed by atoms with Crippen LogP contribution in [0.15, 0.2) is 18.2 Å². The third-order valence-electron chi connectivity index (χ3n) is 1.43. The van der Waals surface area contributed by atoms with Gasteiger partial charge in [-0.2, -0.15) is 0 Å². The number of rotatable bonds is 2. The number of carboxylic acids is 1. The molecule has 0 amide bonds. The Morgan fingerprint density at radius 2 is 2.08 bits per heavy atom. The van der Waals surface area contributed by atoms with Crippen molar-refractivity contribution in [3.05, 3.63) is 23.8 Å². The van der Waals surface area contributed by atoms with E-state index in [0.29, 0.717) is 0 Å². The average Bonchev–Trinajstić information content (AvgIpc) is 2.04. The Kier molecular flexibility index (Phi) is 4.31. The molecule has 2 N–H and O–H groups in total. The summed E-state index contributed by atoms with van der Waals surface area (Å²) in [6, 6.07) is 3.90. The normalized spacial score (nSPS) is 8.69. The van der Waals surface area contributed by atoms with Crippen LogP contribution in [0.5, 0.6) is 11.5 Å². The van der Waals surface area contributed by atoms with E-state index in [1.807, 2.05) is 0 Å². The molecule has 1 aromatic carbocycles. The SMILES string of the molecule is COc1ccc(C(=O)O)cc1O.[Fe]. The summed E-state index contributed by atoms with van der Waals surface area (Å²) in [4.78, 5) is 10.4. The second kappa shape index (κ2) is 4.74. The maximum atomic E-state index is 10.4. The molecule has 0 saturated carbocycles. The van der Waals surface area contributed by atoms with Crippen molar-refractivity contribution < 1.29 is 36.8 Å². The van der Waals surface area contributed by atoms with Gasteiger partial charge in [-0.05, 0) is 18.2 Å². The minimum absolute atomic E-state index is 0. The summed E-state index contributed by atoms with van der Waals surface area (Å²) in [6.07, 6.45) is 0. The molecule has 0 atom stereocenters. The van der Waals surface area contributed by atoms with Crippen molar-refractivity contribution in [1.29, 1.82) is 0 Å². The Morgan fingerprint density at radius 1 is 1.46 bits per heavy atom. The van der Waals surface area contributed by atoms with Gasteiger partial charge in [-0.25, -0.2) is 4.79 Å². The summed E-state index contributed by atoms with van der Waals surface area (Å²) in [6.45, 7) is 0. The molecular formula is C8H8FeO4. The summed E-state index contributed by atoms with van der Waals surface area (Å²) in [5, 5.41) is 17.7. The molecule has 1 rings (SSSR count). The summed E-state index contributed by atoms with van der Waals surface area (Å²) < 4.78 is 4.74. The number of phenolic OH excluding ortho intramolecular Hbond substituents is 1. The van der Waals surface area contributed by atoms with Gasteiger partial charge in [-0.3, -0.25) is 0 Å². The molecule has 0 heterocycles. The van der Waals surface area contributed by atoms with Gasteiger partial charge >= 0.3 is 5.97 Å². The van der Waals surface area contributed by atoms with Gasteiger partial charge in [0.1, 0.15) is 0 Å². The number of aromatic hydroxyl groups is 1. The Hall–Kier alpha value is -1.19. The minimum Gasteiger partial charge on any atom is -0.504 e. The van der Waals surface area contributed by atoms with E-state index in [9.17, 15) is 4.79 Å². The summed E-state index contributed by atoms with van der Waals surface area (Å²) >= 11 is 0. The van der Waals surface area contributed by atoms with E-state index in [4.69, 9.17) is 14.9 Å². The zero-order valence-corrected chi connectivity index (χ0v) is 7.90. The first-order valence-corrected chi connectivity index (χ1v) is 3.25. The van der Waals surface area contributed by atoms with Crippen molar-refractivity contribution in [2.75, 3.05) is 7.11 Å². The standard InChI is InChI=1S/C8H8O4.Fe/c1-12-7-3-2-5(8(10)11)4-6(7)9;/h2-4,9H,1H3,(H,10,11);. The molecule has 0 bridgehead atoms. The number of ether oxygens (including phenoxy) is 1. The molecule has 0 radical (unpaired) electrons. The molecule has 13 heavy (non-hydrogen) atoms. The van der Waals surface area contributed by atoms with Crippen LogP contribution in [-0.4, -0.2) is 23.3 Å². The molecular weight excluding hydrogens is 216 g/mol. The molecule has 0 saturated heterocycles. The molecule has 0 unspecified atom stereocenters. The topological polar surface area (TPSA) is 66.8 Å². The van der Waals surface area contributed by atoms with Gasteiger partial charge in [0.05, 0.1) is 12.7 Å². The first-order valence-electron chi connectivity index (χ1n) is 3.25. The van der Waals surface area contributed by atoms with Crippen molar-refractivity contribution in [2.24, 2.45) is 0 Å². The fourth-order valence-electron chi connectivity index (χ4n) is 0.823. The number of aromatic carboxylic acids is 1. The largest absolute Gasteiger partial charge is 0.504 e. The smallest absolute Gasteiger partial charge is 0.335 e. The van der Waals surface area contributed by atoms with E-state index in [0.717, 1.165) is 6.07 Å². The molecule has 0 aliphatic carbocycles. The molecule has 0 aliphatic rings. The third-order valence-corrected chi connectivity index (χ3v) is 1.43.